The van der Waals surface area contributed by atoms with Crippen molar-refractivity contribution in [3.05, 3.63) is 29.3 Å². The number of likely N-dealkylation sites (tertiary alicyclic amines) is 1. The molecule has 2 fully saturated rings. The molecule has 0 saturated carbocycles. The Morgan fingerprint density at radius 2 is 1.71 bits per heavy atom. The van der Waals surface area contributed by atoms with Gasteiger partial charge in [0.25, 0.3) is 0 Å². The number of piperidine rings is 1. The third-order valence-electron chi connectivity index (χ3n) is 6.42. The molecule has 2 aliphatic heterocycles. The molecule has 31 heavy (non-hydrogen) atoms. The van der Waals surface area contributed by atoms with E-state index in [1.807, 2.05) is 28.0 Å². The molecule has 2 aliphatic rings. The van der Waals surface area contributed by atoms with Crippen LogP contribution in [0.15, 0.2) is 24.3 Å². The van der Waals surface area contributed by atoms with Crippen molar-refractivity contribution < 1.29 is 19.1 Å². The topological polar surface area (TPSA) is 62.3 Å². The quantitative estimate of drug-likeness (QED) is 0.607. The lowest BCUT2D eigenvalue weighted by molar-refractivity contribution is -0.139. The first-order chi connectivity index (χ1) is 14.9. The van der Waals surface area contributed by atoms with E-state index >= 15 is 0 Å². The fraction of sp³-hybridized carbons (Fsp3) is 0.652. The van der Waals surface area contributed by atoms with Crippen LogP contribution in [0.1, 0.15) is 25.7 Å². The fourth-order valence-corrected chi connectivity index (χ4v) is 4.41. The summed E-state index contributed by atoms with van der Waals surface area (Å²) >= 11 is 6.10. The van der Waals surface area contributed by atoms with Crippen molar-refractivity contribution in [1.29, 1.82) is 0 Å². The van der Waals surface area contributed by atoms with Crippen LogP contribution in [0.2, 0.25) is 5.02 Å². The van der Waals surface area contributed by atoms with Gasteiger partial charge in [-0.2, -0.15) is 0 Å². The number of benzene rings is 1. The molecular weight excluding hydrogens is 418 g/mol. The van der Waals surface area contributed by atoms with Gasteiger partial charge in [-0.1, -0.05) is 17.7 Å². The summed E-state index contributed by atoms with van der Waals surface area (Å²) < 4.78 is 11.1. The average molecular weight is 452 g/mol. The molecule has 0 bridgehead atoms. The summed E-state index contributed by atoms with van der Waals surface area (Å²) in [5, 5.41) is 0.624. The number of halogens is 1. The summed E-state index contributed by atoms with van der Waals surface area (Å²) in [7, 11) is 3.68. The zero-order chi connectivity index (χ0) is 22.3. The summed E-state index contributed by atoms with van der Waals surface area (Å²) in [5.41, 5.74) is -0.291. The van der Waals surface area contributed by atoms with Crippen LogP contribution in [-0.2, 0) is 14.3 Å². The number of ether oxygens (including phenoxy) is 2. The van der Waals surface area contributed by atoms with Crippen molar-refractivity contribution in [2.24, 2.45) is 5.41 Å². The number of hydrogen-bond acceptors (Lipinski definition) is 5. The van der Waals surface area contributed by atoms with Gasteiger partial charge in [-0.25, -0.2) is 0 Å². The molecule has 172 valence electrons. The number of rotatable bonds is 8. The van der Waals surface area contributed by atoms with Crippen LogP contribution in [0.3, 0.4) is 0 Å². The normalized spacial score (nSPS) is 19.3. The van der Waals surface area contributed by atoms with Crippen molar-refractivity contribution in [3.8, 4) is 5.75 Å². The Hall–Kier alpha value is -1.83. The van der Waals surface area contributed by atoms with Gasteiger partial charge in [0.2, 0.25) is 11.8 Å². The first-order valence-electron chi connectivity index (χ1n) is 11.0. The predicted octanol–water partition coefficient (Wildman–Crippen LogP) is 2.53. The minimum atomic E-state index is -0.291. The molecule has 0 unspecified atom stereocenters. The van der Waals surface area contributed by atoms with Gasteiger partial charge in [0.15, 0.2) is 0 Å². The van der Waals surface area contributed by atoms with Crippen LogP contribution in [0, 0.1) is 5.41 Å². The van der Waals surface area contributed by atoms with E-state index < -0.39 is 0 Å². The molecule has 3 rings (SSSR count). The second-order valence-electron chi connectivity index (χ2n) is 8.73. The van der Waals surface area contributed by atoms with Gasteiger partial charge >= 0.3 is 0 Å². The van der Waals surface area contributed by atoms with E-state index in [0.717, 1.165) is 39.0 Å². The van der Waals surface area contributed by atoms with Crippen LogP contribution in [0.4, 0.5) is 0 Å². The van der Waals surface area contributed by atoms with Crippen molar-refractivity contribution in [3.63, 3.8) is 0 Å². The molecule has 2 saturated heterocycles. The number of amides is 2. The van der Waals surface area contributed by atoms with E-state index in [-0.39, 0.29) is 17.2 Å². The SMILES string of the molecule is COCCC(=O)N1CCC(COc2cccc(Cl)c2)(CC(=O)N2CCN(C)CC2)CC1. The van der Waals surface area contributed by atoms with Gasteiger partial charge in [0, 0.05) is 63.2 Å². The molecule has 7 nitrogen and oxygen atoms in total. The summed E-state index contributed by atoms with van der Waals surface area (Å²) in [6, 6.07) is 7.34. The molecule has 0 aromatic heterocycles. The monoisotopic (exact) mass is 451 g/mol. The predicted molar refractivity (Wildman–Crippen MR) is 120 cm³/mol. The fourth-order valence-electron chi connectivity index (χ4n) is 4.23. The Balaban J connectivity index is 1.65. The lowest BCUT2D eigenvalue weighted by atomic mass is 9.75. The van der Waals surface area contributed by atoms with E-state index in [1.54, 1.807) is 13.2 Å². The molecule has 2 heterocycles. The number of carbonyl (C=O) groups excluding carboxylic acids is 2. The van der Waals surface area contributed by atoms with Crippen LogP contribution in [0.5, 0.6) is 5.75 Å². The van der Waals surface area contributed by atoms with Crippen molar-refractivity contribution >= 4 is 23.4 Å². The first-order valence-corrected chi connectivity index (χ1v) is 11.4. The minimum Gasteiger partial charge on any atom is -0.493 e. The van der Waals surface area contributed by atoms with E-state index in [0.29, 0.717) is 49.9 Å². The summed E-state index contributed by atoms with van der Waals surface area (Å²) in [4.78, 5) is 31.6. The van der Waals surface area contributed by atoms with Gasteiger partial charge < -0.3 is 24.2 Å². The van der Waals surface area contributed by atoms with Gasteiger partial charge in [0.1, 0.15) is 5.75 Å². The third kappa shape index (κ3) is 6.82. The average Bonchev–Trinajstić information content (AvgIpc) is 2.77. The Morgan fingerprint density at radius 1 is 1.03 bits per heavy atom. The van der Waals surface area contributed by atoms with Gasteiger partial charge in [-0.3, -0.25) is 9.59 Å². The van der Waals surface area contributed by atoms with Crippen molar-refractivity contribution in [2.75, 3.05) is 66.6 Å². The van der Waals surface area contributed by atoms with Crippen molar-refractivity contribution in [1.82, 2.24) is 14.7 Å². The summed E-state index contributed by atoms with van der Waals surface area (Å²) in [5.74, 6) is 0.996. The highest BCUT2D eigenvalue weighted by Gasteiger charge is 2.40. The van der Waals surface area contributed by atoms with Gasteiger partial charge in [-0.15, -0.1) is 0 Å². The number of likely N-dealkylation sites (N-methyl/N-ethyl adjacent to an activating group) is 1. The molecule has 0 atom stereocenters. The molecule has 0 N–H and O–H groups in total. The Bertz CT molecular complexity index is 744. The molecule has 2 amide bonds. The highest BCUT2D eigenvalue weighted by atomic mass is 35.5. The maximum absolute atomic E-state index is 13.1. The number of nitrogens with zero attached hydrogens (tertiary/aromatic N) is 3. The maximum Gasteiger partial charge on any atom is 0.224 e. The zero-order valence-corrected chi connectivity index (χ0v) is 19.4. The smallest absolute Gasteiger partial charge is 0.224 e. The van der Waals surface area contributed by atoms with E-state index in [1.165, 1.54) is 0 Å². The highest BCUT2D eigenvalue weighted by Crippen LogP contribution is 2.37. The summed E-state index contributed by atoms with van der Waals surface area (Å²) in [6.45, 7) is 5.48. The molecule has 0 aliphatic carbocycles. The van der Waals surface area contributed by atoms with Crippen LogP contribution in [-0.4, -0.2) is 93.2 Å². The maximum atomic E-state index is 13.1. The number of hydrogen-bond donors (Lipinski definition) is 0. The largest absolute Gasteiger partial charge is 0.493 e. The lowest BCUT2D eigenvalue weighted by Gasteiger charge is -2.42. The van der Waals surface area contributed by atoms with Crippen molar-refractivity contribution in [2.45, 2.75) is 25.7 Å². The molecule has 0 spiro atoms. The van der Waals surface area contributed by atoms with E-state index in [4.69, 9.17) is 21.1 Å². The Kier molecular flexibility index (Phi) is 8.58. The van der Waals surface area contributed by atoms with E-state index in [2.05, 4.69) is 11.9 Å². The number of carbonyl (C=O) groups is 2. The number of piperazine rings is 1. The third-order valence-corrected chi connectivity index (χ3v) is 6.66. The second-order valence-corrected chi connectivity index (χ2v) is 9.17. The van der Waals surface area contributed by atoms with Crippen LogP contribution in [0.25, 0.3) is 0 Å². The zero-order valence-electron chi connectivity index (χ0n) is 18.6. The lowest BCUT2D eigenvalue weighted by Crippen LogP contribution is -2.51. The molecule has 8 heteroatoms. The number of methoxy groups -OCH3 is 1. The molecular formula is C23H34ClN3O4. The Morgan fingerprint density at radius 3 is 2.35 bits per heavy atom. The van der Waals surface area contributed by atoms with Crippen LogP contribution < -0.4 is 4.74 Å². The van der Waals surface area contributed by atoms with E-state index in [9.17, 15) is 9.59 Å². The van der Waals surface area contributed by atoms with Crippen LogP contribution >= 0.6 is 11.6 Å². The Labute approximate surface area is 190 Å². The second kappa shape index (κ2) is 11.2. The molecule has 1 aromatic rings. The molecule has 0 radical (unpaired) electrons. The minimum absolute atomic E-state index is 0.108. The highest BCUT2D eigenvalue weighted by molar-refractivity contribution is 6.30. The first kappa shape index (κ1) is 23.8. The summed E-state index contributed by atoms with van der Waals surface area (Å²) in [6.07, 6.45) is 2.32. The van der Waals surface area contributed by atoms with Gasteiger partial charge in [0.05, 0.1) is 19.6 Å². The standard InChI is InChI=1S/C23H34ClN3O4/c1-25-11-13-27(14-12-25)22(29)17-23(18-31-20-5-3-4-19(24)16-20)7-9-26(10-8-23)21(28)6-15-30-2/h3-5,16H,6-15,17-18H2,1-2H3. The molecule has 1 aromatic carbocycles. The van der Waals surface area contributed by atoms with Gasteiger partial charge in [-0.05, 0) is 38.1 Å².